The maximum Gasteiger partial charge on any atom is 0.165 e. The van der Waals surface area contributed by atoms with Gasteiger partial charge < -0.3 is 4.74 Å². The van der Waals surface area contributed by atoms with Crippen LogP contribution < -0.4 is 4.74 Å². The minimum Gasteiger partial charge on any atom is -0.454 e. The Morgan fingerprint density at radius 2 is 1.88 bits per heavy atom. The molecule has 0 aliphatic heterocycles. The quantitative estimate of drug-likeness (QED) is 0.678. The van der Waals surface area contributed by atoms with E-state index < -0.39 is 0 Å². The molecule has 0 atom stereocenters. The Labute approximate surface area is 116 Å². The van der Waals surface area contributed by atoms with Crippen LogP contribution >= 0.6 is 31.9 Å². The average Bonchev–Trinajstić information content (AvgIpc) is 2.32. The molecular formula is C13H9Br2FO. The number of halogens is 3. The smallest absolute Gasteiger partial charge is 0.165 e. The molecule has 2 aromatic carbocycles. The molecule has 0 amide bonds. The third-order valence-electron chi connectivity index (χ3n) is 2.23. The molecule has 0 fully saturated rings. The summed E-state index contributed by atoms with van der Waals surface area (Å²) in [5.41, 5.74) is 1.12. The fourth-order valence-corrected chi connectivity index (χ4v) is 2.72. The molecule has 2 aromatic rings. The number of hydrogen-bond acceptors (Lipinski definition) is 1. The highest BCUT2D eigenvalue weighted by Crippen LogP contribution is 2.29. The lowest BCUT2D eigenvalue weighted by atomic mass is 10.2. The van der Waals surface area contributed by atoms with Gasteiger partial charge in [-0.3, -0.25) is 0 Å². The SMILES string of the molecule is Fc1ccccc1Oc1ccc(CBr)c(Br)c1. The highest BCUT2D eigenvalue weighted by molar-refractivity contribution is 9.10. The van der Waals surface area contributed by atoms with Crippen molar-refractivity contribution in [2.24, 2.45) is 0 Å². The third-order valence-corrected chi connectivity index (χ3v) is 3.58. The van der Waals surface area contributed by atoms with E-state index in [-0.39, 0.29) is 11.6 Å². The van der Waals surface area contributed by atoms with Gasteiger partial charge in [-0.2, -0.15) is 0 Å². The Morgan fingerprint density at radius 1 is 1.12 bits per heavy atom. The van der Waals surface area contributed by atoms with Crippen molar-refractivity contribution in [3.05, 3.63) is 58.3 Å². The Hall–Kier alpha value is -0.870. The highest BCUT2D eigenvalue weighted by Gasteiger charge is 2.05. The van der Waals surface area contributed by atoms with Crippen LogP contribution in [0.3, 0.4) is 0 Å². The van der Waals surface area contributed by atoms with Crippen molar-refractivity contribution in [2.45, 2.75) is 5.33 Å². The molecule has 0 bridgehead atoms. The summed E-state index contributed by atoms with van der Waals surface area (Å²) in [6.07, 6.45) is 0. The van der Waals surface area contributed by atoms with E-state index in [2.05, 4.69) is 31.9 Å². The first-order valence-electron chi connectivity index (χ1n) is 4.97. The normalized spacial score (nSPS) is 10.3. The molecule has 0 saturated heterocycles. The van der Waals surface area contributed by atoms with Gasteiger partial charge in [0, 0.05) is 9.80 Å². The van der Waals surface area contributed by atoms with E-state index in [9.17, 15) is 4.39 Å². The molecular weight excluding hydrogens is 351 g/mol. The van der Waals surface area contributed by atoms with Gasteiger partial charge in [-0.1, -0.05) is 50.1 Å². The van der Waals surface area contributed by atoms with Gasteiger partial charge in [0.15, 0.2) is 11.6 Å². The number of hydrogen-bond donors (Lipinski definition) is 0. The molecule has 0 aromatic heterocycles. The first-order chi connectivity index (χ1) is 8.20. The van der Waals surface area contributed by atoms with E-state index in [0.717, 1.165) is 15.4 Å². The number of rotatable bonds is 3. The second-order valence-electron chi connectivity index (χ2n) is 3.42. The summed E-state index contributed by atoms with van der Waals surface area (Å²) >= 11 is 6.82. The zero-order valence-corrected chi connectivity index (χ0v) is 12.0. The minimum atomic E-state index is -0.367. The summed E-state index contributed by atoms with van der Waals surface area (Å²) in [5, 5.41) is 0.758. The van der Waals surface area contributed by atoms with Crippen LogP contribution in [0.15, 0.2) is 46.9 Å². The molecule has 0 heterocycles. The summed E-state index contributed by atoms with van der Waals surface area (Å²) in [6, 6.07) is 11.9. The lowest BCUT2D eigenvalue weighted by Crippen LogP contribution is -1.89. The third kappa shape index (κ3) is 3.07. The van der Waals surface area contributed by atoms with Gasteiger partial charge in [0.25, 0.3) is 0 Å². The molecule has 4 heteroatoms. The molecule has 17 heavy (non-hydrogen) atoms. The molecule has 1 nitrogen and oxygen atoms in total. The Kier molecular flexibility index (Phi) is 4.18. The van der Waals surface area contributed by atoms with Crippen molar-refractivity contribution in [3.63, 3.8) is 0 Å². The average molecular weight is 360 g/mol. The largest absolute Gasteiger partial charge is 0.454 e. The summed E-state index contributed by atoms with van der Waals surface area (Å²) in [4.78, 5) is 0. The van der Waals surface area contributed by atoms with Crippen LogP contribution in [0.1, 0.15) is 5.56 Å². The van der Waals surface area contributed by atoms with Gasteiger partial charge in [0.1, 0.15) is 5.75 Å². The van der Waals surface area contributed by atoms with Gasteiger partial charge in [0.2, 0.25) is 0 Å². The van der Waals surface area contributed by atoms with Crippen LogP contribution in [0.4, 0.5) is 4.39 Å². The first kappa shape index (κ1) is 12.6. The topological polar surface area (TPSA) is 9.23 Å². The summed E-state index contributed by atoms with van der Waals surface area (Å²) in [6.45, 7) is 0. The predicted octanol–water partition coefficient (Wildman–Crippen LogP) is 5.28. The lowest BCUT2D eigenvalue weighted by molar-refractivity contribution is 0.442. The van der Waals surface area contributed by atoms with Crippen LogP contribution in [0.2, 0.25) is 0 Å². The van der Waals surface area contributed by atoms with Crippen molar-refractivity contribution >= 4 is 31.9 Å². The van der Waals surface area contributed by atoms with Gasteiger partial charge in [-0.25, -0.2) is 4.39 Å². The van der Waals surface area contributed by atoms with Crippen molar-refractivity contribution in [1.29, 1.82) is 0 Å². The molecule has 0 aliphatic rings. The van der Waals surface area contributed by atoms with E-state index in [4.69, 9.17) is 4.74 Å². The molecule has 0 N–H and O–H groups in total. The molecule has 0 radical (unpaired) electrons. The van der Waals surface area contributed by atoms with Crippen LogP contribution in [0.25, 0.3) is 0 Å². The standard InChI is InChI=1S/C13H9Br2FO/c14-8-9-5-6-10(7-11(9)15)17-13-4-2-1-3-12(13)16/h1-7H,8H2. The van der Waals surface area contributed by atoms with Crippen molar-refractivity contribution in [2.75, 3.05) is 0 Å². The molecule has 88 valence electrons. The van der Waals surface area contributed by atoms with E-state index in [1.807, 2.05) is 18.2 Å². The fourth-order valence-electron chi connectivity index (χ4n) is 1.35. The number of ether oxygens (including phenoxy) is 1. The summed E-state index contributed by atoms with van der Waals surface area (Å²) in [7, 11) is 0. The fraction of sp³-hybridized carbons (Fsp3) is 0.0769. The van der Waals surface area contributed by atoms with E-state index in [1.165, 1.54) is 6.07 Å². The van der Waals surface area contributed by atoms with Crippen LogP contribution in [-0.2, 0) is 5.33 Å². The van der Waals surface area contributed by atoms with Crippen molar-refractivity contribution < 1.29 is 9.13 Å². The van der Waals surface area contributed by atoms with Crippen molar-refractivity contribution in [3.8, 4) is 11.5 Å². The van der Waals surface area contributed by atoms with Crippen molar-refractivity contribution in [1.82, 2.24) is 0 Å². The second-order valence-corrected chi connectivity index (χ2v) is 4.83. The number of alkyl halides is 1. The molecule has 0 unspecified atom stereocenters. The van der Waals surface area contributed by atoms with Crippen LogP contribution in [0.5, 0.6) is 11.5 Å². The second kappa shape index (κ2) is 5.65. The maximum absolute atomic E-state index is 13.4. The van der Waals surface area contributed by atoms with E-state index in [1.54, 1.807) is 18.2 Å². The minimum absolute atomic E-state index is 0.228. The van der Waals surface area contributed by atoms with Gasteiger partial charge >= 0.3 is 0 Å². The number of para-hydroxylation sites is 1. The first-order valence-corrected chi connectivity index (χ1v) is 6.89. The monoisotopic (exact) mass is 358 g/mol. The number of benzene rings is 2. The summed E-state index contributed by atoms with van der Waals surface area (Å²) in [5.74, 6) is 0.464. The molecule has 0 spiro atoms. The van der Waals surface area contributed by atoms with Crippen LogP contribution in [0, 0.1) is 5.82 Å². The van der Waals surface area contributed by atoms with Gasteiger partial charge in [0.05, 0.1) is 0 Å². The van der Waals surface area contributed by atoms with Gasteiger partial charge in [-0.05, 0) is 29.8 Å². The Morgan fingerprint density at radius 3 is 2.53 bits per heavy atom. The zero-order valence-electron chi connectivity index (χ0n) is 8.79. The lowest BCUT2D eigenvalue weighted by Gasteiger charge is -2.08. The molecule has 0 aliphatic carbocycles. The highest BCUT2D eigenvalue weighted by atomic mass is 79.9. The Balaban J connectivity index is 2.25. The van der Waals surface area contributed by atoms with Gasteiger partial charge in [-0.15, -0.1) is 0 Å². The Bertz CT molecular complexity index is 529. The predicted molar refractivity (Wildman–Crippen MR) is 73.2 cm³/mol. The molecule has 0 saturated carbocycles. The maximum atomic E-state index is 13.4. The van der Waals surface area contributed by atoms with Crippen LogP contribution in [-0.4, -0.2) is 0 Å². The molecule has 2 rings (SSSR count). The van der Waals surface area contributed by atoms with E-state index >= 15 is 0 Å². The summed E-state index contributed by atoms with van der Waals surface area (Å²) < 4.78 is 19.8. The van der Waals surface area contributed by atoms with E-state index in [0.29, 0.717) is 5.75 Å². The zero-order chi connectivity index (χ0) is 12.3.